The number of para-hydroxylation sites is 1. The highest BCUT2D eigenvalue weighted by Gasteiger charge is 2.22. The number of benzene rings is 2. The van der Waals surface area contributed by atoms with Crippen LogP contribution in [0.1, 0.15) is 51.2 Å². The maximum atomic E-state index is 4.80. The average molecular weight is 434 g/mol. The van der Waals surface area contributed by atoms with E-state index < -0.39 is 0 Å². The van der Waals surface area contributed by atoms with Gasteiger partial charge in [-0.1, -0.05) is 50.7 Å². The first-order valence-electron chi connectivity index (χ1n) is 11.6. The zero-order valence-corrected chi connectivity index (χ0v) is 19.1. The van der Waals surface area contributed by atoms with Crippen LogP contribution in [0.3, 0.4) is 0 Å². The number of anilines is 2. The summed E-state index contributed by atoms with van der Waals surface area (Å²) in [6, 6.07) is 17.5. The molecule has 0 radical (unpaired) electrons. The van der Waals surface area contributed by atoms with E-state index >= 15 is 0 Å². The van der Waals surface area contributed by atoms with Crippen LogP contribution in [0, 0.1) is 5.92 Å². The number of aromatic nitrogens is 2. The van der Waals surface area contributed by atoms with Crippen molar-refractivity contribution in [1.29, 1.82) is 0 Å². The third-order valence-corrected chi connectivity index (χ3v) is 6.43. The van der Waals surface area contributed by atoms with Crippen molar-refractivity contribution in [3.05, 3.63) is 59.7 Å². The van der Waals surface area contributed by atoms with Gasteiger partial charge in [-0.3, -0.25) is 0 Å². The predicted molar refractivity (Wildman–Crippen MR) is 137 cm³/mol. The van der Waals surface area contributed by atoms with Crippen molar-refractivity contribution in [1.82, 2.24) is 15.3 Å². The zero-order chi connectivity index (χ0) is 21.6. The monoisotopic (exact) mass is 433 g/mol. The van der Waals surface area contributed by atoms with Gasteiger partial charge in [0.15, 0.2) is 0 Å². The van der Waals surface area contributed by atoms with Crippen molar-refractivity contribution in [2.45, 2.75) is 59.0 Å². The predicted octanol–water partition coefficient (Wildman–Crippen LogP) is 5.65. The number of aryl methyl sites for hydroxylation is 1. The highest BCUT2D eigenvalue weighted by atomic mass is 15.2. The van der Waals surface area contributed by atoms with E-state index in [9.17, 15) is 0 Å². The van der Waals surface area contributed by atoms with Crippen molar-refractivity contribution >= 4 is 22.7 Å². The van der Waals surface area contributed by atoms with Crippen LogP contribution in [0.15, 0.2) is 48.5 Å². The van der Waals surface area contributed by atoms with E-state index in [4.69, 9.17) is 9.97 Å². The Kier molecular flexibility index (Phi) is 8.46. The molecule has 0 unspecified atom stereocenters. The topological polar surface area (TPSA) is 53.1 Å². The Labute approximate surface area is 193 Å². The summed E-state index contributed by atoms with van der Waals surface area (Å²) in [6.07, 6.45) is 5.93. The van der Waals surface area contributed by atoms with Crippen LogP contribution < -0.4 is 15.5 Å². The van der Waals surface area contributed by atoms with Crippen LogP contribution in [0.4, 0.5) is 11.8 Å². The minimum atomic E-state index is 0. The molecule has 2 N–H and O–H groups in total. The molecule has 3 aromatic rings. The van der Waals surface area contributed by atoms with E-state index in [-0.39, 0.29) is 7.43 Å². The molecule has 1 aromatic heterocycles. The molecule has 0 atom stereocenters. The molecule has 1 saturated carbocycles. The Hall–Kier alpha value is -2.66. The van der Waals surface area contributed by atoms with Crippen LogP contribution in [0.25, 0.3) is 10.9 Å². The second-order valence-electron chi connectivity index (χ2n) is 8.90. The maximum absolute atomic E-state index is 4.80. The van der Waals surface area contributed by atoms with E-state index in [0.717, 1.165) is 48.1 Å². The van der Waals surface area contributed by atoms with E-state index in [1.165, 1.54) is 36.8 Å². The van der Waals surface area contributed by atoms with Gasteiger partial charge in [0.05, 0.1) is 5.52 Å². The molecule has 4 rings (SSSR count). The molecule has 5 nitrogen and oxygen atoms in total. The lowest BCUT2D eigenvalue weighted by Gasteiger charge is -2.29. The van der Waals surface area contributed by atoms with Crippen LogP contribution >= 0.6 is 0 Å². The summed E-state index contributed by atoms with van der Waals surface area (Å²) in [5.41, 5.74) is 3.88. The van der Waals surface area contributed by atoms with Gasteiger partial charge in [0.1, 0.15) is 5.82 Å². The van der Waals surface area contributed by atoms with Gasteiger partial charge in [-0.15, -0.1) is 0 Å². The van der Waals surface area contributed by atoms with Crippen LogP contribution in [-0.4, -0.2) is 36.6 Å². The second-order valence-corrected chi connectivity index (χ2v) is 8.90. The summed E-state index contributed by atoms with van der Waals surface area (Å²) in [7, 11) is 4.07. The molecule has 1 heterocycles. The van der Waals surface area contributed by atoms with Crippen LogP contribution in [-0.2, 0) is 13.0 Å². The SMILES string of the molecule is C.CCc1ccccc1CNCC1CCC(Nc2nc(N(C)C)c3ccccc3n2)CC1. The minimum absolute atomic E-state index is 0. The molecule has 32 heavy (non-hydrogen) atoms. The Balaban J connectivity index is 0.00000289. The summed E-state index contributed by atoms with van der Waals surface area (Å²) in [6.45, 7) is 4.30. The minimum Gasteiger partial charge on any atom is -0.362 e. The highest BCUT2D eigenvalue weighted by molar-refractivity contribution is 5.90. The molecule has 0 saturated heterocycles. The maximum Gasteiger partial charge on any atom is 0.225 e. The Morgan fingerprint density at radius 1 is 0.906 bits per heavy atom. The summed E-state index contributed by atoms with van der Waals surface area (Å²) in [5, 5.41) is 8.41. The molecule has 1 aliphatic carbocycles. The van der Waals surface area contributed by atoms with Crippen molar-refractivity contribution in [3.8, 4) is 0 Å². The standard InChI is InChI=1S/C26H35N5.CH4/c1-4-20-9-5-6-10-21(20)18-27-17-19-13-15-22(16-14-19)28-26-29-24-12-8-7-11-23(24)25(30-26)31(2)3;/h5-12,19,22,27H,4,13-18H2,1-3H3,(H,28,29,30);1H4. The molecule has 2 aromatic carbocycles. The molecule has 0 aliphatic heterocycles. The van der Waals surface area contributed by atoms with Gasteiger partial charge in [-0.2, -0.15) is 4.98 Å². The molecule has 1 fully saturated rings. The van der Waals surface area contributed by atoms with Crippen LogP contribution in [0.2, 0.25) is 0 Å². The largest absolute Gasteiger partial charge is 0.362 e. The first-order valence-corrected chi connectivity index (χ1v) is 11.6. The number of nitrogens with zero attached hydrogens (tertiary/aromatic N) is 3. The van der Waals surface area contributed by atoms with Gasteiger partial charge < -0.3 is 15.5 Å². The summed E-state index contributed by atoms with van der Waals surface area (Å²) < 4.78 is 0. The molecule has 172 valence electrons. The van der Waals surface area contributed by atoms with Crippen LogP contribution in [0.5, 0.6) is 0 Å². The number of fused-ring (bicyclic) bond motifs is 1. The van der Waals surface area contributed by atoms with Gasteiger partial charge in [0, 0.05) is 32.1 Å². The first kappa shape index (κ1) is 24.0. The zero-order valence-electron chi connectivity index (χ0n) is 19.1. The van der Waals surface area contributed by atoms with Crippen molar-refractivity contribution in [2.75, 3.05) is 30.9 Å². The number of hydrogen-bond acceptors (Lipinski definition) is 5. The molecular formula is C27H39N5. The molecule has 0 amide bonds. The van der Waals surface area contributed by atoms with Gasteiger partial charge in [0.2, 0.25) is 5.95 Å². The Bertz CT molecular complexity index is 992. The fourth-order valence-electron chi connectivity index (χ4n) is 4.64. The fourth-order valence-corrected chi connectivity index (χ4v) is 4.64. The smallest absolute Gasteiger partial charge is 0.225 e. The summed E-state index contributed by atoms with van der Waals surface area (Å²) >= 11 is 0. The lowest BCUT2D eigenvalue weighted by Crippen LogP contribution is -2.31. The number of hydrogen-bond donors (Lipinski definition) is 2. The number of nitrogens with one attached hydrogen (secondary N) is 2. The van der Waals surface area contributed by atoms with Crippen molar-refractivity contribution in [3.63, 3.8) is 0 Å². The Morgan fingerprint density at radius 2 is 1.59 bits per heavy atom. The average Bonchev–Trinajstić information content (AvgIpc) is 2.80. The molecule has 0 spiro atoms. The Morgan fingerprint density at radius 3 is 2.31 bits per heavy atom. The third kappa shape index (κ3) is 5.77. The summed E-state index contributed by atoms with van der Waals surface area (Å²) in [4.78, 5) is 11.6. The highest BCUT2D eigenvalue weighted by Crippen LogP contribution is 2.28. The van der Waals surface area contributed by atoms with Crippen molar-refractivity contribution in [2.24, 2.45) is 5.92 Å². The molecule has 5 heteroatoms. The van der Waals surface area contributed by atoms with Gasteiger partial charge in [-0.25, -0.2) is 4.98 Å². The third-order valence-electron chi connectivity index (χ3n) is 6.43. The number of rotatable bonds is 8. The lowest BCUT2D eigenvalue weighted by atomic mass is 9.86. The van der Waals surface area contributed by atoms with Gasteiger partial charge in [-0.05, 0) is 67.8 Å². The lowest BCUT2D eigenvalue weighted by molar-refractivity contribution is 0.323. The molecular weight excluding hydrogens is 394 g/mol. The fraction of sp³-hybridized carbons (Fsp3) is 0.481. The molecule has 0 bridgehead atoms. The van der Waals surface area contributed by atoms with Gasteiger partial charge >= 0.3 is 0 Å². The first-order chi connectivity index (χ1) is 15.1. The van der Waals surface area contributed by atoms with Gasteiger partial charge in [0.25, 0.3) is 0 Å². The van der Waals surface area contributed by atoms with E-state index in [1.54, 1.807) is 0 Å². The van der Waals surface area contributed by atoms with Crippen molar-refractivity contribution < 1.29 is 0 Å². The molecule has 1 aliphatic rings. The second kappa shape index (κ2) is 11.3. The van der Waals surface area contributed by atoms with E-state index in [2.05, 4.69) is 58.9 Å². The summed E-state index contributed by atoms with van der Waals surface area (Å²) in [5.74, 6) is 2.47. The van der Waals surface area contributed by atoms with E-state index in [0.29, 0.717) is 6.04 Å². The normalized spacial score (nSPS) is 18.2. The van der Waals surface area contributed by atoms with E-state index in [1.807, 2.05) is 26.2 Å². The quantitative estimate of drug-likeness (QED) is 0.480.